The summed E-state index contributed by atoms with van der Waals surface area (Å²) in [4.78, 5) is 12.0. The van der Waals surface area contributed by atoms with Crippen LogP contribution in [0, 0.1) is 9.39 Å². The summed E-state index contributed by atoms with van der Waals surface area (Å²) in [5.41, 5.74) is 1.10. The van der Waals surface area contributed by atoms with E-state index in [0.29, 0.717) is 15.2 Å². The number of hydrogen-bond donors (Lipinski definition) is 2. The zero-order chi connectivity index (χ0) is 17.6. The molecule has 2 N–H and O–H groups in total. The average molecular weight is 486 g/mol. The highest BCUT2D eigenvalue weighted by Gasteiger charge is 2.10. The summed E-state index contributed by atoms with van der Waals surface area (Å²) in [6.45, 7) is 0. The Hall–Kier alpha value is -1.72. The van der Waals surface area contributed by atoms with E-state index in [9.17, 15) is 9.18 Å². The van der Waals surface area contributed by atoms with Gasteiger partial charge < -0.3 is 10.6 Å². The van der Waals surface area contributed by atoms with E-state index in [0.717, 1.165) is 9.26 Å². The molecule has 1 heterocycles. The molecule has 2 aromatic carbocycles. The molecular weight excluding hydrogens is 474 g/mol. The zero-order valence-electron chi connectivity index (χ0n) is 12.7. The molecule has 0 bridgehead atoms. The molecule has 25 heavy (non-hydrogen) atoms. The van der Waals surface area contributed by atoms with Crippen molar-refractivity contribution < 1.29 is 9.18 Å². The Morgan fingerprint density at radius 2 is 2.04 bits per heavy atom. The first-order valence-corrected chi connectivity index (χ1v) is 10.0. The predicted octanol–water partition coefficient (Wildman–Crippen LogP) is 4.76. The fraction of sp³-hybridized carbons (Fsp3) is 0.0625. The van der Waals surface area contributed by atoms with Gasteiger partial charge in [0.2, 0.25) is 11.0 Å². The molecule has 1 aromatic heterocycles. The number of amides is 1. The standard InChI is InChI=1S/C16H12FIN4OS2/c17-12-6-1-2-7-13(12)20-15-21-22-16(25-15)24-9-14(23)19-11-5-3-4-10(18)8-11/h1-8H,9H2,(H,19,23)(H,20,21). The first kappa shape index (κ1) is 18.1. The third-order valence-electron chi connectivity index (χ3n) is 2.96. The van der Waals surface area contributed by atoms with Gasteiger partial charge in [0.05, 0.1) is 11.4 Å². The number of benzene rings is 2. The third-order valence-corrected chi connectivity index (χ3v) is 5.60. The van der Waals surface area contributed by atoms with Crippen molar-refractivity contribution in [3.05, 3.63) is 57.9 Å². The maximum absolute atomic E-state index is 13.6. The lowest BCUT2D eigenvalue weighted by Gasteiger charge is -2.04. The number of thioether (sulfide) groups is 1. The van der Waals surface area contributed by atoms with Gasteiger partial charge in [-0.05, 0) is 52.9 Å². The van der Waals surface area contributed by atoms with Crippen LogP contribution in [0.1, 0.15) is 0 Å². The minimum atomic E-state index is -0.358. The molecule has 0 saturated heterocycles. The fourth-order valence-electron chi connectivity index (χ4n) is 1.89. The summed E-state index contributed by atoms with van der Waals surface area (Å²) >= 11 is 4.74. The highest BCUT2D eigenvalue weighted by atomic mass is 127. The van der Waals surface area contributed by atoms with Crippen LogP contribution in [-0.4, -0.2) is 21.9 Å². The summed E-state index contributed by atoms with van der Waals surface area (Å²) < 4.78 is 15.3. The van der Waals surface area contributed by atoms with E-state index in [1.54, 1.807) is 18.2 Å². The fourth-order valence-corrected chi connectivity index (χ4v) is 3.99. The van der Waals surface area contributed by atoms with Gasteiger partial charge in [0, 0.05) is 9.26 Å². The Balaban J connectivity index is 1.53. The highest BCUT2D eigenvalue weighted by molar-refractivity contribution is 14.1. The SMILES string of the molecule is O=C(CSc1nnc(Nc2ccccc2F)s1)Nc1cccc(I)c1. The number of carbonyl (C=O) groups is 1. The number of rotatable bonds is 6. The van der Waals surface area contributed by atoms with Gasteiger partial charge in [-0.1, -0.05) is 41.3 Å². The van der Waals surface area contributed by atoms with Crippen LogP contribution in [0.15, 0.2) is 52.9 Å². The van der Waals surface area contributed by atoms with Crippen molar-refractivity contribution in [2.75, 3.05) is 16.4 Å². The molecule has 128 valence electrons. The van der Waals surface area contributed by atoms with Crippen LogP contribution in [0.25, 0.3) is 0 Å². The van der Waals surface area contributed by atoms with E-state index in [2.05, 4.69) is 43.4 Å². The van der Waals surface area contributed by atoms with Gasteiger partial charge >= 0.3 is 0 Å². The maximum atomic E-state index is 13.6. The van der Waals surface area contributed by atoms with Gasteiger partial charge in [-0.2, -0.15) is 0 Å². The quantitative estimate of drug-likeness (QED) is 0.389. The molecule has 0 aliphatic rings. The zero-order valence-corrected chi connectivity index (χ0v) is 16.5. The number of nitrogens with one attached hydrogen (secondary N) is 2. The van der Waals surface area contributed by atoms with Gasteiger partial charge in [0.25, 0.3) is 0 Å². The molecule has 0 fully saturated rings. The van der Waals surface area contributed by atoms with Crippen molar-refractivity contribution >= 4 is 68.1 Å². The van der Waals surface area contributed by atoms with Crippen molar-refractivity contribution in [3.8, 4) is 0 Å². The van der Waals surface area contributed by atoms with E-state index < -0.39 is 0 Å². The van der Waals surface area contributed by atoms with E-state index in [4.69, 9.17) is 0 Å². The van der Waals surface area contributed by atoms with Gasteiger partial charge in [-0.3, -0.25) is 4.79 Å². The van der Waals surface area contributed by atoms with Crippen molar-refractivity contribution in [2.24, 2.45) is 0 Å². The molecule has 3 rings (SSSR count). The van der Waals surface area contributed by atoms with Crippen molar-refractivity contribution in [1.29, 1.82) is 0 Å². The lowest BCUT2D eigenvalue weighted by molar-refractivity contribution is -0.113. The maximum Gasteiger partial charge on any atom is 0.234 e. The summed E-state index contributed by atoms with van der Waals surface area (Å²) in [5.74, 6) is -0.255. The van der Waals surface area contributed by atoms with Crippen LogP contribution in [0.2, 0.25) is 0 Å². The number of para-hydroxylation sites is 1. The number of aromatic nitrogens is 2. The second-order valence-corrected chi connectivity index (χ2v) is 8.27. The van der Waals surface area contributed by atoms with E-state index >= 15 is 0 Å². The minimum Gasteiger partial charge on any atom is -0.328 e. The Bertz CT molecular complexity index is 890. The van der Waals surface area contributed by atoms with E-state index in [1.807, 2.05) is 24.3 Å². The monoisotopic (exact) mass is 486 g/mol. The molecule has 0 spiro atoms. The Kier molecular flexibility index (Phi) is 6.21. The number of anilines is 3. The smallest absolute Gasteiger partial charge is 0.234 e. The topological polar surface area (TPSA) is 66.9 Å². The van der Waals surface area contributed by atoms with Gasteiger partial charge in [0.15, 0.2) is 4.34 Å². The minimum absolute atomic E-state index is 0.120. The normalized spacial score (nSPS) is 10.5. The second-order valence-electron chi connectivity index (χ2n) is 4.83. The van der Waals surface area contributed by atoms with Crippen LogP contribution in [-0.2, 0) is 4.79 Å². The third kappa shape index (κ3) is 5.38. The largest absolute Gasteiger partial charge is 0.328 e. The molecule has 0 aliphatic heterocycles. The first-order chi connectivity index (χ1) is 12.1. The van der Waals surface area contributed by atoms with Crippen LogP contribution < -0.4 is 10.6 Å². The van der Waals surface area contributed by atoms with Crippen molar-refractivity contribution in [3.63, 3.8) is 0 Å². The van der Waals surface area contributed by atoms with Gasteiger partial charge in [-0.15, -0.1) is 10.2 Å². The number of hydrogen-bond acceptors (Lipinski definition) is 6. The van der Waals surface area contributed by atoms with E-state index in [1.165, 1.54) is 29.2 Å². The Morgan fingerprint density at radius 3 is 2.84 bits per heavy atom. The predicted molar refractivity (Wildman–Crippen MR) is 108 cm³/mol. The number of nitrogens with zero attached hydrogens (tertiary/aromatic N) is 2. The van der Waals surface area contributed by atoms with E-state index in [-0.39, 0.29) is 17.5 Å². The van der Waals surface area contributed by atoms with Crippen molar-refractivity contribution in [2.45, 2.75) is 4.34 Å². The molecule has 3 aromatic rings. The molecular formula is C16H12FIN4OS2. The molecule has 9 heteroatoms. The molecule has 1 amide bonds. The van der Waals surface area contributed by atoms with Gasteiger partial charge in [-0.25, -0.2) is 4.39 Å². The molecule has 0 atom stereocenters. The van der Waals surface area contributed by atoms with Crippen molar-refractivity contribution in [1.82, 2.24) is 10.2 Å². The molecule has 0 aliphatic carbocycles. The molecule has 5 nitrogen and oxygen atoms in total. The lowest BCUT2D eigenvalue weighted by atomic mass is 10.3. The molecule has 0 saturated carbocycles. The number of carbonyl (C=O) groups excluding carboxylic acids is 1. The van der Waals surface area contributed by atoms with Crippen LogP contribution >= 0.6 is 45.7 Å². The average Bonchev–Trinajstić information content (AvgIpc) is 3.03. The summed E-state index contributed by atoms with van der Waals surface area (Å²) in [6.07, 6.45) is 0. The number of halogens is 2. The Labute approximate surface area is 165 Å². The summed E-state index contributed by atoms with van der Waals surface area (Å²) in [7, 11) is 0. The second kappa shape index (κ2) is 8.59. The molecule has 0 radical (unpaired) electrons. The molecule has 0 unspecified atom stereocenters. The van der Waals surface area contributed by atoms with Gasteiger partial charge in [0.1, 0.15) is 5.82 Å². The first-order valence-electron chi connectivity index (χ1n) is 7.13. The van der Waals surface area contributed by atoms with Crippen LogP contribution in [0.5, 0.6) is 0 Å². The lowest BCUT2D eigenvalue weighted by Crippen LogP contribution is -2.13. The van der Waals surface area contributed by atoms with Crippen LogP contribution in [0.4, 0.5) is 20.9 Å². The van der Waals surface area contributed by atoms with Crippen LogP contribution in [0.3, 0.4) is 0 Å². The summed E-state index contributed by atoms with van der Waals surface area (Å²) in [6, 6.07) is 13.9. The summed E-state index contributed by atoms with van der Waals surface area (Å²) in [5, 5.41) is 14.2. The Morgan fingerprint density at radius 1 is 1.20 bits per heavy atom. The highest BCUT2D eigenvalue weighted by Crippen LogP contribution is 2.28.